The minimum Gasteiger partial charge on any atom is -0.480 e. The average Bonchev–Trinajstić information content (AvgIpc) is 2.91. The van der Waals surface area contributed by atoms with Crippen LogP contribution in [-0.4, -0.2) is 17.1 Å². The third-order valence-corrected chi connectivity index (χ3v) is 3.64. The van der Waals surface area contributed by atoms with Gasteiger partial charge in [0.25, 0.3) is 0 Å². The predicted octanol–water partition coefficient (Wildman–Crippen LogP) is 3.98. The molecule has 2 rings (SSSR count). The van der Waals surface area contributed by atoms with Gasteiger partial charge in [0.1, 0.15) is 23.4 Å². The van der Waals surface area contributed by atoms with Gasteiger partial charge in [-0.2, -0.15) is 0 Å². The number of carboxylic acid groups (broad SMARTS) is 1. The first kappa shape index (κ1) is 17.2. The van der Waals surface area contributed by atoms with Crippen molar-refractivity contribution in [2.45, 2.75) is 39.8 Å². The molecular weight excluding hydrogens is 297 g/mol. The van der Waals surface area contributed by atoms with Crippen molar-refractivity contribution in [1.29, 1.82) is 0 Å². The molecule has 0 saturated carbocycles. The summed E-state index contributed by atoms with van der Waals surface area (Å²) in [6.07, 6.45) is 0.556. The van der Waals surface area contributed by atoms with Crippen LogP contribution in [0, 0.1) is 18.7 Å². The van der Waals surface area contributed by atoms with Crippen molar-refractivity contribution >= 4 is 5.97 Å². The summed E-state index contributed by atoms with van der Waals surface area (Å²) in [5.74, 6) is 0.448. The number of carbonyl (C=O) groups is 1. The van der Waals surface area contributed by atoms with Crippen LogP contribution < -0.4 is 5.32 Å². The van der Waals surface area contributed by atoms with Gasteiger partial charge < -0.3 is 9.52 Å². The smallest absolute Gasteiger partial charge is 0.320 e. The topological polar surface area (TPSA) is 62.5 Å². The normalized spacial score (nSPS) is 12.6. The molecule has 0 unspecified atom stereocenters. The molecule has 0 saturated heterocycles. The number of nitrogens with one attached hydrogen (secondary N) is 1. The molecule has 0 bridgehead atoms. The highest BCUT2D eigenvalue weighted by molar-refractivity contribution is 5.73. The van der Waals surface area contributed by atoms with E-state index in [0.717, 1.165) is 11.1 Å². The molecule has 2 N–H and O–H groups in total. The maximum absolute atomic E-state index is 13.2. The highest BCUT2D eigenvalue weighted by atomic mass is 19.1. The van der Waals surface area contributed by atoms with E-state index < -0.39 is 12.0 Å². The van der Waals surface area contributed by atoms with E-state index in [4.69, 9.17) is 4.42 Å². The summed E-state index contributed by atoms with van der Waals surface area (Å²) in [7, 11) is 0. The zero-order valence-electron chi connectivity index (χ0n) is 13.6. The molecule has 0 radical (unpaired) electrons. The summed E-state index contributed by atoms with van der Waals surface area (Å²) < 4.78 is 18.9. The Morgan fingerprint density at radius 2 is 2.04 bits per heavy atom. The molecular formula is C18H22FNO3. The molecule has 4 nitrogen and oxygen atoms in total. The van der Waals surface area contributed by atoms with Gasteiger partial charge in [0.2, 0.25) is 0 Å². The van der Waals surface area contributed by atoms with Crippen LogP contribution in [0.4, 0.5) is 4.39 Å². The van der Waals surface area contributed by atoms with Crippen LogP contribution in [0.2, 0.25) is 0 Å². The van der Waals surface area contributed by atoms with E-state index in [1.165, 1.54) is 12.1 Å². The lowest BCUT2D eigenvalue weighted by Gasteiger charge is -2.15. The van der Waals surface area contributed by atoms with E-state index in [-0.39, 0.29) is 11.7 Å². The molecule has 124 valence electrons. The van der Waals surface area contributed by atoms with Crippen molar-refractivity contribution in [3.05, 3.63) is 47.5 Å². The Morgan fingerprint density at radius 3 is 2.65 bits per heavy atom. The van der Waals surface area contributed by atoms with E-state index in [1.807, 2.05) is 26.8 Å². The van der Waals surface area contributed by atoms with Crippen LogP contribution in [-0.2, 0) is 11.3 Å². The quantitative estimate of drug-likeness (QED) is 0.810. The SMILES string of the molecule is Cc1cc(F)ccc1-c1ccc(CN[C@@H](CC(C)C)C(=O)O)o1. The molecule has 23 heavy (non-hydrogen) atoms. The molecule has 0 aliphatic carbocycles. The summed E-state index contributed by atoms with van der Waals surface area (Å²) in [5.41, 5.74) is 1.62. The van der Waals surface area contributed by atoms with E-state index >= 15 is 0 Å². The van der Waals surface area contributed by atoms with Crippen LogP contribution in [0.1, 0.15) is 31.6 Å². The summed E-state index contributed by atoms with van der Waals surface area (Å²) >= 11 is 0. The van der Waals surface area contributed by atoms with Crippen molar-refractivity contribution in [2.24, 2.45) is 5.92 Å². The molecule has 0 fully saturated rings. The molecule has 0 aliphatic rings. The van der Waals surface area contributed by atoms with Crippen LogP contribution in [0.3, 0.4) is 0 Å². The lowest BCUT2D eigenvalue weighted by Crippen LogP contribution is -2.37. The summed E-state index contributed by atoms with van der Waals surface area (Å²) in [6, 6.07) is 7.55. The maximum Gasteiger partial charge on any atom is 0.320 e. The molecule has 0 aliphatic heterocycles. The first-order valence-corrected chi connectivity index (χ1v) is 7.68. The van der Waals surface area contributed by atoms with Gasteiger partial charge in [-0.25, -0.2) is 4.39 Å². The van der Waals surface area contributed by atoms with E-state index in [0.29, 0.717) is 24.5 Å². The van der Waals surface area contributed by atoms with Gasteiger partial charge >= 0.3 is 5.97 Å². The monoisotopic (exact) mass is 319 g/mol. The van der Waals surface area contributed by atoms with Crippen molar-refractivity contribution in [3.63, 3.8) is 0 Å². The Morgan fingerprint density at radius 1 is 1.30 bits per heavy atom. The fourth-order valence-corrected chi connectivity index (χ4v) is 2.49. The minimum atomic E-state index is -0.861. The molecule has 1 heterocycles. The molecule has 1 aromatic carbocycles. The Balaban J connectivity index is 2.06. The second kappa shape index (κ2) is 7.42. The highest BCUT2D eigenvalue weighted by Crippen LogP contribution is 2.26. The molecule has 5 heteroatoms. The van der Waals surface area contributed by atoms with Crippen LogP contribution in [0.5, 0.6) is 0 Å². The number of furan rings is 1. The van der Waals surface area contributed by atoms with Crippen LogP contribution >= 0.6 is 0 Å². The number of carboxylic acids is 1. The van der Waals surface area contributed by atoms with Gasteiger partial charge in [-0.15, -0.1) is 0 Å². The fraction of sp³-hybridized carbons (Fsp3) is 0.389. The number of aliphatic carboxylic acids is 1. The molecule has 1 atom stereocenters. The van der Waals surface area contributed by atoms with Gasteiger partial charge in [-0.05, 0) is 55.2 Å². The van der Waals surface area contributed by atoms with Crippen molar-refractivity contribution < 1.29 is 18.7 Å². The van der Waals surface area contributed by atoms with Gasteiger partial charge in [0.05, 0.1) is 6.54 Å². The first-order valence-electron chi connectivity index (χ1n) is 7.68. The largest absolute Gasteiger partial charge is 0.480 e. The zero-order chi connectivity index (χ0) is 17.0. The Labute approximate surface area is 135 Å². The summed E-state index contributed by atoms with van der Waals surface area (Å²) in [6.45, 7) is 6.13. The maximum atomic E-state index is 13.2. The van der Waals surface area contributed by atoms with E-state index in [9.17, 15) is 14.3 Å². The van der Waals surface area contributed by atoms with E-state index in [2.05, 4.69) is 5.32 Å². The lowest BCUT2D eigenvalue weighted by atomic mass is 10.0. The fourth-order valence-electron chi connectivity index (χ4n) is 2.49. The van der Waals surface area contributed by atoms with Crippen molar-refractivity contribution in [1.82, 2.24) is 5.32 Å². The standard InChI is InChI=1S/C18H22FNO3/c1-11(2)8-16(18(21)22)20-10-14-5-7-17(23-14)15-6-4-13(19)9-12(15)3/h4-7,9,11,16,20H,8,10H2,1-3H3,(H,21,22)/t16-/m0/s1. The molecule has 0 spiro atoms. The zero-order valence-corrected chi connectivity index (χ0v) is 13.6. The number of hydrogen-bond donors (Lipinski definition) is 2. The summed E-state index contributed by atoms with van der Waals surface area (Å²) in [4.78, 5) is 11.2. The number of benzene rings is 1. The van der Waals surface area contributed by atoms with E-state index in [1.54, 1.807) is 12.1 Å². The van der Waals surface area contributed by atoms with Gasteiger partial charge in [0.15, 0.2) is 0 Å². The molecule has 2 aromatic rings. The number of aryl methyl sites for hydroxylation is 1. The Hall–Kier alpha value is -2.14. The second-order valence-electron chi connectivity index (χ2n) is 6.13. The van der Waals surface area contributed by atoms with Crippen molar-refractivity contribution in [3.8, 4) is 11.3 Å². The minimum absolute atomic E-state index is 0.280. The Kier molecular flexibility index (Phi) is 5.55. The number of halogens is 1. The third kappa shape index (κ3) is 4.66. The number of hydrogen-bond acceptors (Lipinski definition) is 3. The second-order valence-corrected chi connectivity index (χ2v) is 6.13. The van der Waals surface area contributed by atoms with Gasteiger partial charge in [-0.1, -0.05) is 13.8 Å². The van der Waals surface area contributed by atoms with Crippen LogP contribution in [0.15, 0.2) is 34.7 Å². The number of rotatable bonds is 7. The molecule has 0 amide bonds. The predicted molar refractivity (Wildman–Crippen MR) is 86.6 cm³/mol. The highest BCUT2D eigenvalue weighted by Gasteiger charge is 2.18. The lowest BCUT2D eigenvalue weighted by molar-refractivity contribution is -0.140. The van der Waals surface area contributed by atoms with Crippen LogP contribution in [0.25, 0.3) is 11.3 Å². The Bertz CT molecular complexity index is 679. The van der Waals surface area contributed by atoms with Gasteiger partial charge in [0, 0.05) is 5.56 Å². The average molecular weight is 319 g/mol. The first-order chi connectivity index (χ1) is 10.9. The molecule has 1 aromatic heterocycles. The summed E-state index contributed by atoms with van der Waals surface area (Å²) in [5, 5.41) is 12.2. The van der Waals surface area contributed by atoms with Gasteiger partial charge in [-0.3, -0.25) is 10.1 Å². The third-order valence-electron chi connectivity index (χ3n) is 3.64. The van der Waals surface area contributed by atoms with Crippen molar-refractivity contribution in [2.75, 3.05) is 0 Å².